The SMILES string of the molecule is COCc1cccc2cc(OC)c(OC)cc12. The van der Waals surface area contributed by atoms with Gasteiger partial charge in [0.2, 0.25) is 0 Å². The molecular weight excluding hydrogens is 216 g/mol. The van der Waals surface area contributed by atoms with E-state index in [1.54, 1.807) is 21.3 Å². The van der Waals surface area contributed by atoms with Crippen LogP contribution in [-0.2, 0) is 11.3 Å². The Labute approximate surface area is 101 Å². The fraction of sp³-hybridized carbons (Fsp3) is 0.286. The first-order valence-electron chi connectivity index (χ1n) is 5.42. The molecule has 0 aromatic heterocycles. The van der Waals surface area contributed by atoms with Crippen LogP contribution in [0.5, 0.6) is 11.5 Å². The molecule has 3 nitrogen and oxygen atoms in total. The van der Waals surface area contributed by atoms with Crippen molar-refractivity contribution in [2.75, 3.05) is 21.3 Å². The Morgan fingerprint density at radius 1 is 0.941 bits per heavy atom. The normalized spacial score (nSPS) is 10.5. The molecule has 0 bridgehead atoms. The lowest BCUT2D eigenvalue weighted by Gasteiger charge is -2.11. The topological polar surface area (TPSA) is 27.7 Å². The Morgan fingerprint density at radius 3 is 2.29 bits per heavy atom. The molecule has 90 valence electrons. The van der Waals surface area contributed by atoms with Gasteiger partial charge in [0, 0.05) is 7.11 Å². The van der Waals surface area contributed by atoms with Gasteiger partial charge in [-0.3, -0.25) is 0 Å². The van der Waals surface area contributed by atoms with Gasteiger partial charge in [-0.2, -0.15) is 0 Å². The number of fused-ring (bicyclic) bond motifs is 1. The van der Waals surface area contributed by atoms with Crippen LogP contribution in [0.1, 0.15) is 5.56 Å². The summed E-state index contributed by atoms with van der Waals surface area (Å²) in [6, 6.07) is 10.1. The molecular formula is C14H16O3. The number of hydrogen-bond donors (Lipinski definition) is 0. The first kappa shape index (κ1) is 11.7. The van der Waals surface area contributed by atoms with E-state index in [9.17, 15) is 0 Å². The van der Waals surface area contributed by atoms with Crippen LogP contribution in [0.3, 0.4) is 0 Å². The van der Waals surface area contributed by atoms with Gasteiger partial charge in [-0.25, -0.2) is 0 Å². The van der Waals surface area contributed by atoms with Crippen LogP contribution in [-0.4, -0.2) is 21.3 Å². The summed E-state index contributed by atoms with van der Waals surface area (Å²) in [7, 11) is 4.98. The maximum absolute atomic E-state index is 5.31. The highest BCUT2D eigenvalue weighted by molar-refractivity contribution is 5.88. The molecule has 0 spiro atoms. The predicted octanol–water partition coefficient (Wildman–Crippen LogP) is 3.00. The van der Waals surface area contributed by atoms with Gasteiger partial charge in [0.25, 0.3) is 0 Å². The van der Waals surface area contributed by atoms with Gasteiger partial charge in [-0.15, -0.1) is 0 Å². The van der Waals surface area contributed by atoms with E-state index >= 15 is 0 Å². The molecule has 0 aliphatic rings. The standard InChI is InChI=1S/C14H16O3/c1-15-9-11-6-4-5-10-7-13(16-2)14(17-3)8-12(10)11/h4-8H,9H2,1-3H3. The van der Waals surface area contributed by atoms with Crippen molar-refractivity contribution >= 4 is 10.8 Å². The number of methoxy groups -OCH3 is 3. The van der Waals surface area contributed by atoms with Gasteiger partial charge in [-0.05, 0) is 28.5 Å². The Balaban J connectivity index is 2.64. The summed E-state index contributed by atoms with van der Waals surface area (Å²) < 4.78 is 15.8. The molecule has 0 atom stereocenters. The Kier molecular flexibility index (Phi) is 3.49. The van der Waals surface area contributed by atoms with Crippen LogP contribution in [0.15, 0.2) is 30.3 Å². The highest BCUT2D eigenvalue weighted by Crippen LogP contribution is 2.33. The number of ether oxygens (including phenoxy) is 3. The number of hydrogen-bond acceptors (Lipinski definition) is 3. The summed E-state index contributed by atoms with van der Waals surface area (Å²) in [6.45, 7) is 0.590. The van der Waals surface area contributed by atoms with Crippen LogP contribution >= 0.6 is 0 Å². The molecule has 2 aromatic rings. The molecule has 0 fully saturated rings. The highest BCUT2D eigenvalue weighted by Gasteiger charge is 2.08. The minimum absolute atomic E-state index is 0.590. The summed E-state index contributed by atoms with van der Waals surface area (Å²) in [5.74, 6) is 1.48. The molecule has 17 heavy (non-hydrogen) atoms. The van der Waals surface area contributed by atoms with Gasteiger partial charge >= 0.3 is 0 Å². The Morgan fingerprint density at radius 2 is 1.65 bits per heavy atom. The van der Waals surface area contributed by atoms with E-state index < -0.39 is 0 Å². The molecule has 0 aliphatic carbocycles. The lowest BCUT2D eigenvalue weighted by molar-refractivity contribution is 0.186. The van der Waals surface area contributed by atoms with Crippen molar-refractivity contribution in [3.05, 3.63) is 35.9 Å². The minimum Gasteiger partial charge on any atom is -0.493 e. The summed E-state index contributed by atoms with van der Waals surface area (Å²) in [4.78, 5) is 0. The van der Waals surface area contributed by atoms with Crippen LogP contribution in [0.25, 0.3) is 10.8 Å². The third kappa shape index (κ3) is 2.19. The lowest BCUT2D eigenvalue weighted by atomic mass is 10.0. The summed E-state index contributed by atoms with van der Waals surface area (Å²) >= 11 is 0. The van der Waals surface area contributed by atoms with E-state index in [1.807, 2.05) is 18.2 Å². The monoisotopic (exact) mass is 232 g/mol. The molecule has 3 heteroatoms. The maximum atomic E-state index is 5.31. The summed E-state index contributed by atoms with van der Waals surface area (Å²) in [5, 5.41) is 2.25. The fourth-order valence-electron chi connectivity index (χ4n) is 1.95. The minimum atomic E-state index is 0.590. The Bertz CT molecular complexity index is 520. The van der Waals surface area contributed by atoms with Crippen molar-refractivity contribution in [3.8, 4) is 11.5 Å². The highest BCUT2D eigenvalue weighted by atomic mass is 16.5. The van der Waals surface area contributed by atoms with E-state index in [1.165, 1.54) is 0 Å². The molecule has 0 aliphatic heterocycles. The van der Waals surface area contributed by atoms with Crippen molar-refractivity contribution in [2.45, 2.75) is 6.61 Å². The molecule has 0 saturated heterocycles. The zero-order chi connectivity index (χ0) is 12.3. The number of benzene rings is 2. The second kappa shape index (κ2) is 5.06. The molecule has 0 heterocycles. The van der Waals surface area contributed by atoms with Crippen molar-refractivity contribution in [3.63, 3.8) is 0 Å². The second-order valence-electron chi connectivity index (χ2n) is 3.78. The van der Waals surface area contributed by atoms with Gasteiger partial charge in [-0.1, -0.05) is 18.2 Å². The molecule has 0 radical (unpaired) electrons. The van der Waals surface area contributed by atoms with Crippen molar-refractivity contribution < 1.29 is 14.2 Å². The van der Waals surface area contributed by atoms with Gasteiger partial charge in [0.15, 0.2) is 11.5 Å². The van der Waals surface area contributed by atoms with E-state index in [0.29, 0.717) is 6.61 Å². The molecule has 0 saturated carbocycles. The fourth-order valence-corrected chi connectivity index (χ4v) is 1.95. The van der Waals surface area contributed by atoms with Crippen LogP contribution in [0.4, 0.5) is 0 Å². The van der Waals surface area contributed by atoms with Crippen molar-refractivity contribution in [1.82, 2.24) is 0 Å². The Hall–Kier alpha value is -1.74. The smallest absolute Gasteiger partial charge is 0.161 e. The quantitative estimate of drug-likeness (QED) is 0.811. The number of rotatable bonds is 4. The van der Waals surface area contributed by atoms with Gasteiger partial charge in [0.1, 0.15) is 0 Å². The zero-order valence-electron chi connectivity index (χ0n) is 10.3. The average molecular weight is 232 g/mol. The molecule has 2 rings (SSSR count). The van der Waals surface area contributed by atoms with Gasteiger partial charge in [0.05, 0.1) is 20.8 Å². The van der Waals surface area contributed by atoms with E-state index in [-0.39, 0.29) is 0 Å². The zero-order valence-corrected chi connectivity index (χ0v) is 10.3. The second-order valence-corrected chi connectivity index (χ2v) is 3.78. The first-order chi connectivity index (χ1) is 8.30. The molecule has 0 amide bonds. The summed E-state index contributed by atoms with van der Waals surface area (Å²) in [6.07, 6.45) is 0. The van der Waals surface area contributed by atoms with Gasteiger partial charge < -0.3 is 14.2 Å². The molecule has 2 aromatic carbocycles. The van der Waals surface area contributed by atoms with Crippen LogP contribution in [0, 0.1) is 0 Å². The predicted molar refractivity (Wildman–Crippen MR) is 67.8 cm³/mol. The third-order valence-corrected chi connectivity index (χ3v) is 2.77. The van der Waals surface area contributed by atoms with E-state index in [2.05, 4.69) is 12.1 Å². The average Bonchev–Trinajstić information content (AvgIpc) is 2.38. The van der Waals surface area contributed by atoms with E-state index in [4.69, 9.17) is 14.2 Å². The summed E-state index contributed by atoms with van der Waals surface area (Å²) in [5.41, 5.74) is 1.14. The van der Waals surface area contributed by atoms with E-state index in [0.717, 1.165) is 27.8 Å². The van der Waals surface area contributed by atoms with Crippen molar-refractivity contribution in [2.24, 2.45) is 0 Å². The van der Waals surface area contributed by atoms with Crippen LogP contribution in [0.2, 0.25) is 0 Å². The van der Waals surface area contributed by atoms with Crippen molar-refractivity contribution in [1.29, 1.82) is 0 Å². The maximum Gasteiger partial charge on any atom is 0.161 e. The lowest BCUT2D eigenvalue weighted by Crippen LogP contribution is -1.93. The first-order valence-corrected chi connectivity index (χ1v) is 5.42. The molecule has 0 N–H and O–H groups in total. The largest absolute Gasteiger partial charge is 0.493 e. The van der Waals surface area contributed by atoms with Crippen LogP contribution < -0.4 is 9.47 Å². The molecule has 0 unspecified atom stereocenters. The third-order valence-electron chi connectivity index (χ3n) is 2.77.